The van der Waals surface area contributed by atoms with Gasteiger partial charge in [-0.2, -0.15) is 0 Å². The quantitative estimate of drug-likeness (QED) is 0.416. The molecule has 1 amide bonds. The summed E-state index contributed by atoms with van der Waals surface area (Å²) in [5.74, 6) is -0.125. The predicted octanol–water partition coefficient (Wildman–Crippen LogP) is 4.51. The van der Waals surface area contributed by atoms with Crippen molar-refractivity contribution in [3.8, 4) is 17.2 Å². The van der Waals surface area contributed by atoms with E-state index >= 15 is 0 Å². The first-order chi connectivity index (χ1) is 14.5. The van der Waals surface area contributed by atoms with E-state index in [0.29, 0.717) is 28.9 Å². The van der Waals surface area contributed by atoms with Crippen molar-refractivity contribution in [3.05, 3.63) is 28.0 Å². The summed E-state index contributed by atoms with van der Waals surface area (Å²) in [5.41, 5.74) is -0.562. The van der Waals surface area contributed by atoms with Crippen LogP contribution in [-0.2, 0) is 0 Å². The number of rotatable bonds is 13. The molecule has 0 saturated carbocycles. The minimum atomic E-state index is -0.642. The van der Waals surface area contributed by atoms with Gasteiger partial charge in [-0.15, -0.1) is 0 Å². The molecular weight excluding hydrogens is 384 g/mol. The Hall–Kier alpha value is -2.70. The highest BCUT2D eigenvalue weighted by Gasteiger charge is 2.20. The van der Waals surface area contributed by atoms with Gasteiger partial charge in [-0.1, -0.05) is 58.3 Å². The molecule has 0 atom stereocenters. The maximum atomic E-state index is 12.5. The fourth-order valence-corrected chi connectivity index (χ4v) is 3.54. The van der Waals surface area contributed by atoms with E-state index in [0.717, 1.165) is 19.3 Å². The lowest BCUT2D eigenvalue weighted by atomic mass is 10.1. The number of hydrogen-bond acceptors (Lipinski definition) is 5. The first-order valence-corrected chi connectivity index (χ1v) is 10.8. The number of aromatic nitrogens is 1. The number of fused-ring (bicyclic) bond motifs is 1. The van der Waals surface area contributed by atoms with Gasteiger partial charge in [0.15, 0.2) is 11.5 Å². The number of pyridine rings is 1. The van der Waals surface area contributed by atoms with Gasteiger partial charge in [0, 0.05) is 18.0 Å². The molecule has 1 aromatic heterocycles. The van der Waals surface area contributed by atoms with Crippen LogP contribution in [0.5, 0.6) is 17.2 Å². The van der Waals surface area contributed by atoms with Crippen LogP contribution in [0, 0.1) is 0 Å². The largest absolute Gasteiger partial charge is 0.506 e. The first kappa shape index (κ1) is 23.6. The third-order valence-corrected chi connectivity index (χ3v) is 5.28. The zero-order valence-electron chi connectivity index (χ0n) is 18.3. The van der Waals surface area contributed by atoms with Crippen LogP contribution in [0.15, 0.2) is 16.9 Å². The number of hydrogen-bond donors (Lipinski definition) is 3. The van der Waals surface area contributed by atoms with Gasteiger partial charge in [0.1, 0.15) is 11.3 Å². The summed E-state index contributed by atoms with van der Waals surface area (Å²) < 4.78 is 10.5. The summed E-state index contributed by atoms with van der Waals surface area (Å²) in [6, 6.07) is 3.09. The summed E-state index contributed by atoms with van der Waals surface area (Å²) in [6.07, 6.45) is 10.7. The third-order valence-electron chi connectivity index (χ3n) is 5.28. The molecule has 166 valence electrons. The molecule has 0 aliphatic rings. The number of unbranched alkanes of at least 4 members (excludes halogenated alkanes) is 8. The molecule has 3 N–H and O–H groups in total. The molecule has 0 fully saturated rings. The van der Waals surface area contributed by atoms with E-state index in [2.05, 4.69) is 17.2 Å². The lowest BCUT2D eigenvalue weighted by molar-refractivity contribution is 0.0949. The second kappa shape index (κ2) is 12.1. The van der Waals surface area contributed by atoms with E-state index in [9.17, 15) is 14.7 Å². The number of amides is 1. The highest BCUT2D eigenvalue weighted by atomic mass is 16.5. The number of nitrogens with one attached hydrogen (secondary N) is 2. The van der Waals surface area contributed by atoms with Crippen molar-refractivity contribution < 1.29 is 19.4 Å². The Labute approximate surface area is 177 Å². The number of carbonyl (C=O) groups is 1. The summed E-state index contributed by atoms with van der Waals surface area (Å²) in [4.78, 5) is 27.5. The average Bonchev–Trinajstić information content (AvgIpc) is 2.74. The molecular formula is C23H34N2O5. The van der Waals surface area contributed by atoms with E-state index in [4.69, 9.17) is 9.47 Å². The maximum Gasteiger partial charge on any atom is 0.265 e. The fraction of sp³-hybridized carbons (Fsp3) is 0.565. The number of benzene rings is 1. The zero-order valence-corrected chi connectivity index (χ0v) is 18.3. The van der Waals surface area contributed by atoms with Gasteiger partial charge in [-0.25, -0.2) is 0 Å². The van der Waals surface area contributed by atoms with Crippen LogP contribution >= 0.6 is 0 Å². The molecule has 7 nitrogen and oxygen atoms in total. The normalized spacial score (nSPS) is 10.9. The Morgan fingerprint density at radius 2 is 1.53 bits per heavy atom. The first-order valence-electron chi connectivity index (χ1n) is 10.8. The molecule has 0 unspecified atom stereocenters. The van der Waals surface area contributed by atoms with Gasteiger partial charge in [-0.05, 0) is 12.5 Å². The van der Waals surface area contributed by atoms with Crippen LogP contribution in [0.2, 0.25) is 0 Å². The maximum absolute atomic E-state index is 12.5. The molecule has 0 bridgehead atoms. The minimum Gasteiger partial charge on any atom is -0.506 e. The standard InChI is InChI=1S/C23H34N2O5/c1-4-5-6-7-8-9-10-11-12-13-24-22(27)20-21(26)16-14-18(29-2)19(30-3)15-17(16)25-23(20)28/h14-15H,4-13H2,1-3H3,(H,24,27)(H2,25,26,28). The fourth-order valence-electron chi connectivity index (χ4n) is 3.54. The predicted molar refractivity (Wildman–Crippen MR) is 119 cm³/mol. The van der Waals surface area contributed by atoms with Gasteiger partial charge in [0.2, 0.25) is 0 Å². The molecule has 1 aromatic carbocycles. The van der Waals surface area contributed by atoms with Crippen LogP contribution in [0.1, 0.15) is 75.1 Å². The smallest absolute Gasteiger partial charge is 0.265 e. The minimum absolute atomic E-state index is 0.286. The molecule has 2 rings (SSSR count). The van der Waals surface area contributed by atoms with Crippen LogP contribution in [-0.4, -0.2) is 36.8 Å². The van der Waals surface area contributed by atoms with E-state index in [1.807, 2.05) is 0 Å². The molecule has 0 radical (unpaired) electrons. The number of ether oxygens (including phenoxy) is 2. The van der Waals surface area contributed by atoms with Crippen LogP contribution in [0.3, 0.4) is 0 Å². The molecule has 0 spiro atoms. The van der Waals surface area contributed by atoms with Crippen LogP contribution in [0.25, 0.3) is 10.9 Å². The summed E-state index contributed by atoms with van der Waals surface area (Å²) in [6.45, 7) is 2.69. The molecule has 0 aliphatic carbocycles. The van der Waals surface area contributed by atoms with Crippen molar-refractivity contribution in [1.29, 1.82) is 0 Å². The van der Waals surface area contributed by atoms with E-state index in [-0.39, 0.29) is 11.3 Å². The van der Waals surface area contributed by atoms with Crippen molar-refractivity contribution in [1.82, 2.24) is 10.3 Å². The Morgan fingerprint density at radius 1 is 0.967 bits per heavy atom. The zero-order chi connectivity index (χ0) is 21.9. The molecule has 30 heavy (non-hydrogen) atoms. The average molecular weight is 419 g/mol. The summed E-state index contributed by atoms with van der Waals surface area (Å²) >= 11 is 0. The number of H-pyrrole nitrogens is 1. The van der Waals surface area contributed by atoms with Gasteiger partial charge >= 0.3 is 0 Å². The van der Waals surface area contributed by atoms with Gasteiger partial charge in [0.05, 0.1) is 19.7 Å². The van der Waals surface area contributed by atoms with E-state index in [1.165, 1.54) is 58.8 Å². The number of aromatic hydroxyl groups is 1. The lowest BCUT2D eigenvalue weighted by Crippen LogP contribution is -2.30. The monoisotopic (exact) mass is 418 g/mol. The highest BCUT2D eigenvalue weighted by Crippen LogP contribution is 2.35. The Morgan fingerprint density at radius 3 is 2.13 bits per heavy atom. The second-order valence-electron chi connectivity index (χ2n) is 7.51. The van der Waals surface area contributed by atoms with Gasteiger partial charge in [-0.3, -0.25) is 9.59 Å². The van der Waals surface area contributed by atoms with Crippen LogP contribution in [0.4, 0.5) is 0 Å². The molecule has 0 aliphatic heterocycles. The number of carbonyl (C=O) groups excluding carboxylic acids is 1. The van der Waals surface area contributed by atoms with Gasteiger partial charge in [0.25, 0.3) is 11.5 Å². The summed E-state index contributed by atoms with van der Waals surface area (Å²) in [5, 5.41) is 13.6. The highest BCUT2D eigenvalue weighted by molar-refractivity contribution is 6.02. The van der Waals surface area contributed by atoms with Crippen molar-refractivity contribution in [2.45, 2.75) is 64.7 Å². The third kappa shape index (κ3) is 6.15. The van der Waals surface area contributed by atoms with Crippen LogP contribution < -0.4 is 20.3 Å². The topological polar surface area (TPSA) is 101 Å². The van der Waals surface area contributed by atoms with Crippen molar-refractivity contribution in [2.24, 2.45) is 0 Å². The van der Waals surface area contributed by atoms with Crippen molar-refractivity contribution >= 4 is 16.8 Å². The van der Waals surface area contributed by atoms with Crippen molar-refractivity contribution in [3.63, 3.8) is 0 Å². The van der Waals surface area contributed by atoms with E-state index < -0.39 is 11.5 Å². The molecule has 2 aromatic rings. The van der Waals surface area contributed by atoms with Crippen molar-refractivity contribution in [2.75, 3.05) is 20.8 Å². The number of aromatic amines is 1. The molecule has 0 saturated heterocycles. The SMILES string of the molecule is CCCCCCCCCCCNC(=O)c1c(O)c2cc(OC)c(OC)cc2[nH]c1=O. The van der Waals surface area contributed by atoms with Gasteiger partial charge < -0.3 is 24.9 Å². The van der Waals surface area contributed by atoms with E-state index in [1.54, 1.807) is 6.07 Å². The Bertz CT molecular complexity index is 891. The molecule has 1 heterocycles. The number of methoxy groups -OCH3 is 2. The molecule has 7 heteroatoms. The lowest BCUT2D eigenvalue weighted by Gasteiger charge is -2.12. The summed E-state index contributed by atoms with van der Waals surface area (Å²) in [7, 11) is 2.96. The Balaban J connectivity index is 1.93. The Kier molecular flexibility index (Phi) is 9.51. The second-order valence-corrected chi connectivity index (χ2v) is 7.51.